The van der Waals surface area contributed by atoms with Gasteiger partial charge in [0.2, 0.25) is 0 Å². The molecule has 0 radical (unpaired) electrons. The second-order valence-electron chi connectivity index (χ2n) is 7.01. The highest BCUT2D eigenvalue weighted by atomic mass is 16.5. The lowest BCUT2D eigenvalue weighted by molar-refractivity contribution is -0.143. The highest BCUT2D eigenvalue weighted by Crippen LogP contribution is 2.28. The molecule has 1 aromatic heterocycles. The van der Waals surface area contributed by atoms with Crippen molar-refractivity contribution >= 4 is 11.9 Å². The Hall–Kier alpha value is -2.56. The summed E-state index contributed by atoms with van der Waals surface area (Å²) in [4.78, 5) is 25.3. The molecule has 0 spiro atoms. The van der Waals surface area contributed by atoms with E-state index in [0.29, 0.717) is 13.0 Å². The Balaban J connectivity index is 2.20. The van der Waals surface area contributed by atoms with Crippen molar-refractivity contribution in [1.29, 1.82) is 0 Å². The summed E-state index contributed by atoms with van der Waals surface area (Å²) in [6, 6.07) is 3.49. The van der Waals surface area contributed by atoms with E-state index in [4.69, 9.17) is 9.15 Å². The van der Waals surface area contributed by atoms with Crippen LogP contribution in [-0.4, -0.2) is 37.0 Å². The van der Waals surface area contributed by atoms with E-state index in [1.807, 2.05) is 6.07 Å². The summed E-state index contributed by atoms with van der Waals surface area (Å²) >= 11 is 0. The summed E-state index contributed by atoms with van der Waals surface area (Å²) in [5.41, 5.74) is 7.68. The molecule has 1 amide bonds. The van der Waals surface area contributed by atoms with Gasteiger partial charge in [0.15, 0.2) is 5.76 Å². The molecule has 27 heavy (non-hydrogen) atoms. The summed E-state index contributed by atoms with van der Waals surface area (Å²) in [7, 11) is 1.56. The van der Waals surface area contributed by atoms with Gasteiger partial charge in [-0.2, -0.15) is 0 Å². The molecule has 2 aromatic rings. The van der Waals surface area contributed by atoms with Crippen LogP contribution in [-0.2, 0) is 16.0 Å². The van der Waals surface area contributed by atoms with Crippen LogP contribution in [0.15, 0.2) is 16.5 Å². The van der Waals surface area contributed by atoms with Crippen LogP contribution in [0.1, 0.15) is 56.6 Å². The minimum Gasteiger partial charge on any atom is -0.465 e. The number of benzene rings is 1. The van der Waals surface area contributed by atoms with Crippen molar-refractivity contribution < 1.29 is 18.7 Å². The maximum Gasteiger partial charge on any atom is 0.325 e. The van der Waals surface area contributed by atoms with Crippen LogP contribution in [0.5, 0.6) is 0 Å². The maximum absolute atomic E-state index is 12.5. The summed E-state index contributed by atoms with van der Waals surface area (Å²) < 4.78 is 10.7. The number of amides is 1. The smallest absolute Gasteiger partial charge is 0.325 e. The Kier molecular flexibility index (Phi) is 6.47. The van der Waals surface area contributed by atoms with Crippen LogP contribution in [0, 0.1) is 34.6 Å². The van der Waals surface area contributed by atoms with Crippen LogP contribution >= 0.6 is 0 Å². The van der Waals surface area contributed by atoms with E-state index in [2.05, 4.69) is 34.6 Å². The molecule has 0 saturated carbocycles. The summed E-state index contributed by atoms with van der Waals surface area (Å²) in [6.45, 7) is 12.6. The fourth-order valence-electron chi connectivity index (χ4n) is 3.27. The van der Waals surface area contributed by atoms with E-state index in [0.717, 1.165) is 5.76 Å². The fourth-order valence-corrected chi connectivity index (χ4v) is 3.27. The number of likely N-dealkylation sites (N-methyl/N-ethyl adjacent to an activating group) is 1. The van der Waals surface area contributed by atoms with E-state index in [1.165, 1.54) is 38.3 Å². The second-order valence-corrected chi connectivity index (χ2v) is 7.01. The minimum absolute atomic E-state index is 0.0999. The number of hydrogen-bond acceptors (Lipinski definition) is 4. The Morgan fingerprint density at radius 1 is 0.963 bits per heavy atom. The summed E-state index contributed by atoms with van der Waals surface area (Å²) in [6.07, 6.45) is 0.633. The second kappa shape index (κ2) is 8.42. The van der Waals surface area contributed by atoms with Crippen LogP contribution in [0.4, 0.5) is 0 Å². The number of hydrogen-bond donors (Lipinski definition) is 0. The van der Waals surface area contributed by atoms with Gasteiger partial charge >= 0.3 is 5.97 Å². The number of carbonyl (C=O) groups excluding carboxylic acids is 2. The first kappa shape index (κ1) is 20.7. The molecule has 0 unspecified atom stereocenters. The molecule has 1 heterocycles. The molecule has 0 aliphatic carbocycles. The van der Waals surface area contributed by atoms with Gasteiger partial charge in [0, 0.05) is 13.5 Å². The SMILES string of the molecule is CCOC(=O)CN(C)C(=O)c1ccc(Cc2c(C)c(C)c(C)c(C)c2C)o1. The Morgan fingerprint density at radius 2 is 1.52 bits per heavy atom. The largest absolute Gasteiger partial charge is 0.465 e. The van der Waals surface area contributed by atoms with E-state index in [9.17, 15) is 9.59 Å². The van der Waals surface area contributed by atoms with E-state index >= 15 is 0 Å². The van der Waals surface area contributed by atoms with Crippen molar-refractivity contribution in [3.8, 4) is 0 Å². The van der Waals surface area contributed by atoms with E-state index in [-0.39, 0.29) is 18.2 Å². The topological polar surface area (TPSA) is 59.8 Å². The zero-order valence-corrected chi connectivity index (χ0v) is 17.4. The van der Waals surface area contributed by atoms with E-state index < -0.39 is 5.97 Å². The van der Waals surface area contributed by atoms with Gasteiger partial charge < -0.3 is 14.1 Å². The molecule has 5 nitrogen and oxygen atoms in total. The van der Waals surface area contributed by atoms with Crippen LogP contribution in [0.2, 0.25) is 0 Å². The lowest BCUT2D eigenvalue weighted by Crippen LogP contribution is -2.32. The van der Waals surface area contributed by atoms with Crippen LogP contribution < -0.4 is 0 Å². The molecule has 0 N–H and O–H groups in total. The number of esters is 1. The molecule has 0 atom stereocenters. The number of ether oxygens (including phenoxy) is 1. The molecule has 0 aliphatic heterocycles. The molecule has 146 valence electrons. The molecule has 5 heteroatoms. The van der Waals surface area contributed by atoms with Crippen molar-refractivity contribution in [1.82, 2.24) is 4.90 Å². The first-order valence-electron chi connectivity index (χ1n) is 9.22. The molecule has 0 fully saturated rings. The van der Waals surface area contributed by atoms with Crippen molar-refractivity contribution in [2.24, 2.45) is 0 Å². The average Bonchev–Trinajstić information content (AvgIpc) is 3.10. The van der Waals surface area contributed by atoms with Crippen LogP contribution in [0.3, 0.4) is 0 Å². The first-order valence-corrected chi connectivity index (χ1v) is 9.22. The highest BCUT2D eigenvalue weighted by Gasteiger charge is 2.20. The van der Waals surface area contributed by atoms with Gasteiger partial charge in [0.25, 0.3) is 5.91 Å². The predicted octanol–water partition coefficient (Wildman–Crippen LogP) is 4.05. The summed E-state index contributed by atoms with van der Waals surface area (Å²) in [5, 5.41) is 0. The van der Waals surface area contributed by atoms with Crippen molar-refractivity contribution in [2.45, 2.75) is 48.0 Å². The average molecular weight is 371 g/mol. The predicted molar refractivity (Wildman–Crippen MR) is 105 cm³/mol. The Bertz CT molecular complexity index is 834. The molecule has 0 aliphatic rings. The normalized spacial score (nSPS) is 10.8. The van der Waals surface area contributed by atoms with Gasteiger partial charge in [-0.1, -0.05) is 0 Å². The van der Waals surface area contributed by atoms with Gasteiger partial charge in [0.05, 0.1) is 6.61 Å². The van der Waals surface area contributed by atoms with Gasteiger partial charge in [0.1, 0.15) is 12.3 Å². The zero-order chi connectivity index (χ0) is 20.3. The molecule has 2 rings (SSSR count). The van der Waals surface area contributed by atoms with Crippen LogP contribution in [0.25, 0.3) is 0 Å². The molecular weight excluding hydrogens is 342 g/mol. The molecule has 0 bridgehead atoms. The van der Waals surface area contributed by atoms with Gasteiger partial charge in [-0.05, 0) is 87.1 Å². The van der Waals surface area contributed by atoms with Gasteiger partial charge in [-0.15, -0.1) is 0 Å². The maximum atomic E-state index is 12.5. The number of furan rings is 1. The fraction of sp³-hybridized carbons (Fsp3) is 0.455. The lowest BCUT2D eigenvalue weighted by Gasteiger charge is -2.18. The molecule has 0 saturated heterocycles. The third-order valence-electron chi connectivity index (χ3n) is 5.40. The zero-order valence-electron chi connectivity index (χ0n) is 17.4. The van der Waals surface area contributed by atoms with Crippen molar-refractivity contribution in [2.75, 3.05) is 20.2 Å². The highest BCUT2D eigenvalue weighted by molar-refractivity contribution is 5.93. The Morgan fingerprint density at radius 3 is 2.07 bits per heavy atom. The first-order chi connectivity index (χ1) is 12.7. The number of carbonyl (C=O) groups is 2. The number of nitrogens with zero attached hydrogens (tertiary/aromatic N) is 1. The van der Waals surface area contributed by atoms with Gasteiger partial charge in [-0.25, -0.2) is 0 Å². The quantitative estimate of drug-likeness (QED) is 0.719. The lowest BCUT2D eigenvalue weighted by atomic mass is 9.88. The molecule has 1 aromatic carbocycles. The Labute approximate surface area is 161 Å². The third kappa shape index (κ3) is 4.41. The van der Waals surface area contributed by atoms with Crippen molar-refractivity contribution in [3.05, 3.63) is 57.0 Å². The third-order valence-corrected chi connectivity index (χ3v) is 5.40. The number of rotatable bonds is 6. The summed E-state index contributed by atoms with van der Waals surface area (Å²) in [5.74, 6) is 0.195. The van der Waals surface area contributed by atoms with Crippen molar-refractivity contribution in [3.63, 3.8) is 0 Å². The monoisotopic (exact) mass is 371 g/mol. The molecular formula is C22H29NO4. The van der Waals surface area contributed by atoms with E-state index in [1.54, 1.807) is 20.0 Å². The van der Waals surface area contributed by atoms with Gasteiger partial charge in [-0.3, -0.25) is 9.59 Å². The standard InChI is InChI=1S/C22H29NO4/c1-8-26-21(24)12-23(7)22(25)20-10-9-18(27-20)11-19-16(5)14(3)13(2)15(4)17(19)6/h9-10H,8,11-12H2,1-7H3. The minimum atomic E-state index is -0.433.